The highest BCUT2D eigenvalue weighted by Crippen LogP contribution is 2.10. The highest BCUT2D eigenvalue weighted by atomic mass is 32.1. The molecule has 1 heterocycles. The zero-order valence-corrected chi connectivity index (χ0v) is 11.9. The number of hydrogen-bond acceptors (Lipinski definition) is 3. The molecule has 1 aromatic carbocycles. The van der Waals surface area contributed by atoms with Crippen LogP contribution in [0.15, 0.2) is 30.3 Å². The molecule has 0 radical (unpaired) electrons. The predicted molar refractivity (Wildman–Crippen MR) is 79.9 cm³/mol. The van der Waals surface area contributed by atoms with Gasteiger partial charge in [-0.3, -0.25) is 20.4 Å². The third-order valence-corrected chi connectivity index (χ3v) is 3.43. The molecule has 0 bridgehead atoms. The van der Waals surface area contributed by atoms with Crippen molar-refractivity contribution in [2.24, 2.45) is 0 Å². The highest BCUT2D eigenvalue weighted by Gasteiger charge is 2.27. The molecule has 1 aromatic rings. The number of hydrogen-bond donors (Lipinski definition) is 3. The van der Waals surface area contributed by atoms with Gasteiger partial charge in [0.2, 0.25) is 5.91 Å². The topological polar surface area (TPSA) is 73.5 Å². The maximum absolute atomic E-state index is 11.8. The summed E-state index contributed by atoms with van der Waals surface area (Å²) in [5, 5.41) is 2.96. The van der Waals surface area contributed by atoms with Crippen LogP contribution in [0.5, 0.6) is 0 Å². The van der Waals surface area contributed by atoms with Crippen LogP contribution in [0.4, 0.5) is 5.69 Å². The molecule has 0 aromatic heterocycles. The molecule has 1 aliphatic heterocycles. The molecule has 2 amide bonds. The quantitative estimate of drug-likeness (QED) is 0.540. The Bertz CT molecular complexity index is 520. The number of nitrogens with one attached hydrogen (secondary N) is 3. The van der Waals surface area contributed by atoms with Crippen molar-refractivity contribution in [3.05, 3.63) is 30.3 Å². The number of amides is 2. The molecule has 0 aliphatic carbocycles. The lowest BCUT2D eigenvalue weighted by atomic mass is 10.2. The number of thiocarbonyl (C=S) groups is 1. The van der Waals surface area contributed by atoms with E-state index in [2.05, 4.69) is 16.2 Å². The Labute approximate surface area is 122 Å². The summed E-state index contributed by atoms with van der Waals surface area (Å²) in [6.45, 7) is 0. The summed E-state index contributed by atoms with van der Waals surface area (Å²) in [6, 6.07) is 9.06. The molecule has 1 atom stereocenters. The second-order valence-corrected chi connectivity index (χ2v) is 4.86. The summed E-state index contributed by atoms with van der Waals surface area (Å²) >= 11 is 5.19. The standard InChI is InChI=1S/C13H16N4O2S/c1-17(9-5-3-2-4-6-9)13(20)16-15-12(19)10-7-8-11(18)14-10/h2-6,10H,7-8H2,1H3,(H,14,18)(H,15,19)(H,16,20). The Kier molecular flexibility index (Phi) is 4.52. The first-order chi connectivity index (χ1) is 9.58. The van der Waals surface area contributed by atoms with Gasteiger partial charge in [0, 0.05) is 19.2 Å². The van der Waals surface area contributed by atoms with Crippen molar-refractivity contribution in [1.29, 1.82) is 0 Å². The van der Waals surface area contributed by atoms with Crippen LogP contribution < -0.4 is 21.1 Å². The number of hydrazine groups is 1. The monoisotopic (exact) mass is 292 g/mol. The molecule has 3 N–H and O–H groups in total. The van der Waals surface area contributed by atoms with Crippen molar-refractivity contribution in [2.45, 2.75) is 18.9 Å². The lowest BCUT2D eigenvalue weighted by molar-refractivity contribution is -0.126. The Morgan fingerprint density at radius 2 is 2.05 bits per heavy atom. The predicted octanol–water partition coefficient (Wildman–Crippen LogP) is 0.307. The van der Waals surface area contributed by atoms with Gasteiger partial charge < -0.3 is 10.2 Å². The van der Waals surface area contributed by atoms with Crippen LogP contribution in [0.25, 0.3) is 0 Å². The molecular weight excluding hydrogens is 276 g/mol. The fraction of sp³-hybridized carbons (Fsp3) is 0.308. The molecule has 1 aliphatic rings. The second kappa shape index (κ2) is 6.33. The number of benzene rings is 1. The zero-order chi connectivity index (χ0) is 14.5. The number of anilines is 1. The lowest BCUT2D eigenvalue weighted by Gasteiger charge is -2.22. The number of carbonyl (C=O) groups is 2. The molecular formula is C13H16N4O2S. The van der Waals surface area contributed by atoms with E-state index in [1.54, 1.807) is 11.9 Å². The van der Waals surface area contributed by atoms with Gasteiger partial charge in [0.05, 0.1) is 0 Å². The Morgan fingerprint density at radius 3 is 2.65 bits per heavy atom. The molecule has 0 spiro atoms. The van der Waals surface area contributed by atoms with E-state index in [9.17, 15) is 9.59 Å². The van der Waals surface area contributed by atoms with Gasteiger partial charge in [-0.05, 0) is 30.8 Å². The summed E-state index contributed by atoms with van der Waals surface area (Å²) in [5.41, 5.74) is 6.10. The lowest BCUT2D eigenvalue weighted by Crippen LogP contribution is -2.52. The molecule has 6 nitrogen and oxygen atoms in total. The van der Waals surface area contributed by atoms with Crippen molar-refractivity contribution < 1.29 is 9.59 Å². The number of rotatable bonds is 2. The van der Waals surface area contributed by atoms with Gasteiger partial charge in [-0.25, -0.2) is 0 Å². The molecule has 7 heteroatoms. The van der Waals surface area contributed by atoms with E-state index in [4.69, 9.17) is 12.2 Å². The Hall–Kier alpha value is -2.15. The maximum Gasteiger partial charge on any atom is 0.260 e. The molecule has 0 saturated carbocycles. The van der Waals surface area contributed by atoms with E-state index < -0.39 is 6.04 Å². The molecule has 1 saturated heterocycles. The summed E-state index contributed by atoms with van der Waals surface area (Å²) in [5.74, 6) is -0.395. The van der Waals surface area contributed by atoms with E-state index in [0.717, 1.165) is 5.69 Å². The normalized spacial score (nSPS) is 17.2. The van der Waals surface area contributed by atoms with Crippen molar-refractivity contribution >= 4 is 34.8 Å². The van der Waals surface area contributed by atoms with E-state index in [1.165, 1.54) is 0 Å². The first-order valence-corrected chi connectivity index (χ1v) is 6.66. The van der Waals surface area contributed by atoms with Gasteiger partial charge >= 0.3 is 0 Å². The van der Waals surface area contributed by atoms with Crippen LogP contribution in [-0.2, 0) is 9.59 Å². The van der Waals surface area contributed by atoms with Crippen molar-refractivity contribution in [1.82, 2.24) is 16.2 Å². The van der Waals surface area contributed by atoms with E-state index >= 15 is 0 Å². The van der Waals surface area contributed by atoms with Gasteiger partial charge in [-0.15, -0.1) is 0 Å². The second-order valence-electron chi connectivity index (χ2n) is 4.47. The smallest absolute Gasteiger partial charge is 0.260 e. The van der Waals surface area contributed by atoms with Gasteiger partial charge in [0.1, 0.15) is 6.04 Å². The van der Waals surface area contributed by atoms with Gasteiger partial charge in [0.15, 0.2) is 5.11 Å². The van der Waals surface area contributed by atoms with Crippen LogP contribution in [0.2, 0.25) is 0 Å². The average molecular weight is 292 g/mol. The minimum absolute atomic E-state index is 0.103. The minimum atomic E-state index is -0.486. The van der Waals surface area contributed by atoms with Gasteiger partial charge in [-0.1, -0.05) is 18.2 Å². The third kappa shape index (κ3) is 3.45. The number of nitrogens with zero attached hydrogens (tertiary/aromatic N) is 1. The van der Waals surface area contributed by atoms with E-state index in [1.807, 2.05) is 30.3 Å². The van der Waals surface area contributed by atoms with Crippen molar-refractivity contribution in [3.8, 4) is 0 Å². The first kappa shape index (κ1) is 14.3. The summed E-state index contributed by atoms with van der Waals surface area (Å²) in [6.07, 6.45) is 0.889. The van der Waals surface area contributed by atoms with Crippen molar-refractivity contribution in [3.63, 3.8) is 0 Å². The van der Waals surface area contributed by atoms with Gasteiger partial charge in [0.25, 0.3) is 5.91 Å². The summed E-state index contributed by atoms with van der Waals surface area (Å²) < 4.78 is 0. The summed E-state index contributed by atoms with van der Waals surface area (Å²) in [7, 11) is 1.80. The number of para-hydroxylation sites is 1. The largest absolute Gasteiger partial charge is 0.344 e. The van der Waals surface area contributed by atoms with E-state index in [0.29, 0.717) is 18.0 Å². The SMILES string of the molecule is CN(C(=S)NNC(=O)C1CCC(=O)N1)c1ccccc1. The molecule has 1 fully saturated rings. The summed E-state index contributed by atoms with van der Waals surface area (Å²) in [4.78, 5) is 24.6. The molecule has 106 valence electrons. The first-order valence-electron chi connectivity index (χ1n) is 6.26. The van der Waals surface area contributed by atoms with Crippen molar-refractivity contribution in [2.75, 3.05) is 11.9 Å². The van der Waals surface area contributed by atoms with Gasteiger partial charge in [-0.2, -0.15) is 0 Å². The maximum atomic E-state index is 11.8. The van der Waals surface area contributed by atoms with Crippen LogP contribution in [0.3, 0.4) is 0 Å². The molecule has 2 rings (SSSR count). The van der Waals surface area contributed by atoms with Crippen LogP contribution in [0.1, 0.15) is 12.8 Å². The average Bonchev–Trinajstić information content (AvgIpc) is 2.91. The third-order valence-electron chi connectivity index (χ3n) is 3.05. The van der Waals surface area contributed by atoms with Crippen LogP contribution in [-0.4, -0.2) is 30.0 Å². The highest BCUT2D eigenvalue weighted by molar-refractivity contribution is 7.80. The Balaban J connectivity index is 1.83. The zero-order valence-electron chi connectivity index (χ0n) is 11.1. The minimum Gasteiger partial charge on any atom is -0.344 e. The molecule has 20 heavy (non-hydrogen) atoms. The van der Waals surface area contributed by atoms with Crippen LogP contribution >= 0.6 is 12.2 Å². The molecule has 1 unspecified atom stereocenters. The van der Waals surface area contributed by atoms with E-state index in [-0.39, 0.29) is 11.8 Å². The number of carbonyl (C=O) groups excluding carboxylic acids is 2. The fourth-order valence-corrected chi connectivity index (χ4v) is 2.02. The van der Waals surface area contributed by atoms with Crippen LogP contribution in [0, 0.1) is 0 Å². The Morgan fingerprint density at radius 1 is 1.35 bits per heavy atom. The fourth-order valence-electron chi connectivity index (χ4n) is 1.87.